The molecule has 0 bridgehead atoms. The number of aromatic nitrogens is 1. The van der Waals surface area contributed by atoms with E-state index in [0.717, 1.165) is 29.8 Å². The highest BCUT2D eigenvalue weighted by Crippen LogP contribution is 2.32. The number of carbonyl (C=O) groups excluding carboxylic acids is 1. The summed E-state index contributed by atoms with van der Waals surface area (Å²) in [7, 11) is -3.43. The van der Waals surface area contributed by atoms with Crippen LogP contribution < -0.4 is 0 Å². The zero-order chi connectivity index (χ0) is 21.4. The molecule has 0 spiro atoms. The van der Waals surface area contributed by atoms with Gasteiger partial charge in [-0.15, -0.1) is 11.3 Å². The summed E-state index contributed by atoms with van der Waals surface area (Å²) >= 11 is 1.24. The minimum Gasteiger partial charge on any atom is -0.440 e. The number of sulfonamides is 1. The van der Waals surface area contributed by atoms with E-state index in [1.807, 2.05) is 29.2 Å². The summed E-state index contributed by atoms with van der Waals surface area (Å²) in [6.07, 6.45) is 2.83. The fraction of sp³-hybridized carbons (Fsp3) is 0.455. The van der Waals surface area contributed by atoms with Gasteiger partial charge < -0.3 is 9.32 Å². The van der Waals surface area contributed by atoms with Gasteiger partial charge in [-0.1, -0.05) is 18.2 Å². The van der Waals surface area contributed by atoms with Crippen LogP contribution in [0.1, 0.15) is 37.5 Å². The molecule has 7 nitrogen and oxygen atoms in total. The highest BCUT2D eigenvalue weighted by molar-refractivity contribution is 7.91. The number of benzene rings is 1. The number of thiophene rings is 1. The average molecular weight is 460 g/mol. The van der Waals surface area contributed by atoms with Gasteiger partial charge in [-0.3, -0.25) is 4.79 Å². The molecule has 2 saturated heterocycles. The number of rotatable bonds is 4. The molecule has 0 saturated carbocycles. The normalized spacial score (nSPS) is 19.8. The molecule has 1 amide bonds. The third-order valence-corrected chi connectivity index (χ3v) is 9.63. The molecule has 3 aromatic rings. The number of piperidine rings is 2. The van der Waals surface area contributed by atoms with Gasteiger partial charge in [0.15, 0.2) is 11.5 Å². The lowest BCUT2D eigenvalue weighted by Gasteiger charge is -2.36. The van der Waals surface area contributed by atoms with E-state index in [1.54, 1.807) is 17.5 Å². The van der Waals surface area contributed by atoms with E-state index in [9.17, 15) is 13.2 Å². The Balaban J connectivity index is 1.16. The molecule has 1 aromatic carbocycles. The van der Waals surface area contributed by atoms with Crippen molar-refractivity contribution in [2.45, 2.75) is 35.8 Å². The zero-order valence-electron chi connectivity index (χ0n) is 17.1. The Morgan fingerprint density at radius 2 is 1.74 bits per heavy atom. The number of likely N-dealkylation sites (tertiary alicyclic amines) is 1. The molecule has 0 unspecified atom stereocenters. The first-order chi connectivity index (χ1) is 15.0. The predicted molar refractivity (Wildman–Crippen MR) is 118 cm³/mol. The Labute approximate surface area is 185 Å². The third-order valence-electron chi connectivity index (χ3n) is 6.36. The highest BCUT2D eigenvalue weighted by Gasteiger charge is 2.35. The number of hydrogen-bond acceptors (Lipinski definition) is 6. The standard InChI is InChI=1S/C22H25N3O4S2/c26-22(17-9-13-25(14-10-17)31(27,28)20-6-3-15-30-20)24-11-7-16(8-12-24)21-23-18-4-1-2-5-19(18)29-21/h1-6,15-17H,7-14H2. The van der Waals surface area contributed by atoms with Crippen LogP contribution in [0.5, 0.6) is 0 Å². The lowest BCUT2D eigenvalue weighted by Crippen LogP contribution is -2.46. The molecule has 2 fully saturated rings. The van der Waals surface area contributed by atoms with E-state index in [0.29, 0.717) is 43.2 Å². The monoisotopic (exact) mass is 459 g/mol. The van der Waals surface area contributed by atoms with Crippen molar-refractivity contribution in [3.05, 3.63) is 47.7 Å². The second-order valence-electron chi connectivity index (χ2n) is 8.23. The van der Waals surface area contributed by atoms with Crippen LogP contribution in [0.4, 0.5) is 0 Å². The van der Waals surface area contributed by atoms with E-state index in [1.165, 1.54) is 15.6 Å². The van der Waals surface area contributed by atoms with Gasteiger partial charge in [0.25, 0.3) is 10.0 Å². The third kappa shape index (κ3) is 4.02. The number of para-hydroxylation sites is 2. The lowest BCUT2D eigenvalue weighted by molar-refractivity contribution is -0.137. The van der Waals surface area contributed by atoms with Gasteiger partial charge in [0.1, 0.15) is 9.73 Å². The summed E-state index contributed by atoms with van der Waals surface area (Å²) in [6, 6.07) is 11.2. The Bertz CT molecular complexity index is 1120. The topological polar surface area (TPSA) is 83.7 Å². The number of nitrogens with zero attached hydrogens (tertiary/aromatic N) is 3. The molecular formula is C22H25N3O4S2. The summed E-state index contributed by atoms with van der Waals surface area (Å²) in [6.45, 7) is 2.18. The molecule has 9 heteroatoms. The number of hydrogen-bond donors (Lipinski definition) is 0. The molecule has 0 atom stereocenters. The zero-order valence-corrected chi connectivity index (χ0v) is 18.8. The smallest absolute Gasteiger partial charge is 0.252 e. The minimum atomic E-state index is -3.43. The Morgan fingerprint density at radius 1 is 1.00 bits per heavy atom. The van der Waals surface area contributed by atoms with E-state index >= 15 is 0 Å². The first kappa shape index (κ1) is 20.7. The fourth-order valence-electron chi connectivity index (χ4n) is 4.55. The Morgan fingerprint density at radius 3 is 2.42 bits per heavy atom. The quantitative estimate of drug-likeness (QED) is 0.594. The molecule has 0 aliphatic carbocycles. The highest BCUT2D eigenvalue weighted by atomic mass is 32.2. The van der Waals surface area contributed by atoms with Gasteiger partial charge in [0.05, 0.1) is 0 Å². The molecule has 5 rings (SSSR count). The molecular weight excluding hydrogens is 434 g/mol. The maximum Gasteiger partial charge on any atom is 0.252 e. The van der Waals surface area contributed by atoms with Crippen molar-refractivity contribution in [3.8, 4) is 0 Å². The molecule has 4 heterocycles. The summed E-state index contributed by atoms with van der Waals surface area (Å²) in [5.41, 5.74) is 1.68. The summed E-state index contributed by atoms with van der Waals surface area (Å²) < 4.78 is 33.2. The van der Waals surface area contributed by atoms with Crippen LogP contribution in [-0.4, -0.2) is 54.7 Å². The van der Waals surface area contributed by atoms with Gasteiger partial charge >= 0.3 is 0 Å². The average Bonchev–Trinajstić information content (AvgIpc) is 3.49. The van der Waals surface area contributed by atoms with Gasteiger partial charge in [-0.2, -0.15) is 4.31 Å². The molecule has 31 heavy (non-hydrogen) atoms. The minimum absolute atomic E-state index is 0.101. The molecule has 2 aromatic heterocycles. The van der Waals surface area contributed by atoms with Crippen molar-refractivity contribution in [3.63, 3.8) is 0 Å². The number of oxazole rings is 1. The first-order valence-electron chi connectivity index (χ1n) is 10.7. The fourth-order valence-corrected chi connectivity index (χ4v) is 7.16. The van der Waals surface area contributed by atoms with Gasteiger partial charge in [-0.25, -0.2) is 13.4 Å². The Kier molecular flexibility index (Phi) is 5.58. The van der Waals surface area contributed by atoms with Crippen LogP contribution in [0.2, 0.25) is 0 Å². The molecule has 164 valence electrons. The van der Waals surface area contributed by atoms with Crippen LogP contribution >= 0.6 is 11.3 Å². The SMILES string of the molecule is O=C(C1CCN(S(=O)(=O)c2cccs2)CC1)N1CCC(c2nc3ccccc3o2)CC1. The van der Waals surface area contributed by atoms with Crippen LogP contribution in [0.15, 0.2) is 50.4 Å². The van der Waals surface area contributed by atoms with Crippen molar-refractivity contribution in [2.24, 2.45) is 5.92 Å². The van der Waals surface area contributed by atoms with E-state index in [-0.39, 0.29) is 17.7 Å². The predicted octanol–water partition coefficient (Wildman–Crippen LogP) is 3.70. The number of amides is 1. The van der Waals surface area contributed by atoms with E-state index in [2.05, 4.69) is 4.98 Å². The van der Waals surface area contributed by atoms with Crippen molar-refractivity contribution in [2.75, 3.05) is 26.2 Å². The van der Waals surface area contributed by atoms with Crippen LogP contribution in [-0.2, 0) is 14.8 Å². The maximum absolute atomic E-state index is 13.0. The van der Waals surface area contributed by atoms with Crippen LogP contribution in [0, 0.1) is 5.92 Å². The maximum atomic E-state index is 13.0. The summed E-state index contributed by atoms with van der Waals surface area (Å²) in [4.78, 5) is 19.6. The van der Waals surface area contributed by atoms with Crippen molar-refractivity contribution in [1.82, 2.24) is 14.2 Å². The molecule has 2 aliphatic rings. The van der Waals surface area contributed by atoms with E-state index < -0.39 is 10.0 Å². The Hall–Kier alpha value is -2.23. The first-order valence-corrected chi connectivity index (χ1v) is 13.0. The second kappa shape index (κ2) is 8.37. The lowest BCUT2D eigenvalue weighted by atomic mass is 9.92. The van der Waals surface area contributed by atoms with Gasteiger partial charge in [0.2, 0.25) is 5.91 Å². The van der Waals surface area contributed by atoms with Crippen molar-refractivity contribution in [1.29, 1.82) is 0 Å². The molecule has 0 N–H and O–H groups in total. The van der Waals surface area contributed by atoms with Crippen molar-refractivity contribution >= 4 is 38.4 Å². The van der Waals surface area contributed by atoms with Crippen LogP contribution in [0.25, 0.3) is 11.1 Å². The summed E-state index contributed by atoms with van der Waals surface area (Å²) in [5.74, 6) is 1.05. The molecule has 0 radical (unpaired) electrons. The largest absolute Gasteiger partial charge is 0.440 e. The van der Waals surface area contributed by atoms with Gasteiger partial charge in [-0.05, 0) is 49.3 Å². The number of carbonyl (C=O) groups is 1. The summed E-state index contributed by atoms with van der Waals surface area (Å²) in [5, 5.41) is 1.77. The number of fused-ring (bicyclic) bond motifs is 1. The van der Waals surface area contributed by atoms with Crippen LogP contribution in [0.3, 0.4) is 0 Å². The van der Waals surface area contributed by atoms with Crippen molar-refractivity contribution < 1.29 is 17.6 Å². The van der Waals surface area contributed by atoms with E-state index in [4.69, 9.17) is 4.42 Å². The van der Waals surface area contributed by atoms with Gasteiger partial charge in [0, 0.05) is 38.0 Å². The second-order valence-corrected chi connectivity index (χ2v) is 11.3. The molecule has 2 aliphatic heterocycles.